The van der Waals surface area contributed by atoms with Crippen molar-refractivity contribution in [2.45, 2.75) is 63.9 Å². The molecule has 4 N–H and O–H groups in total. The third-order valence-corrected chi connectivity index (χ3v) is 7.04. The molecule has 1 saturated heterocycles. The van der Waals surface area contributed by atoms with Gasteiger partial charge in [0.25, 0.3) is 0 Å². The lowest BCUT2D eigenvalue weighted by atomic mass is 9.98. The van der Waals surface area contributed by atoms with E-state index in [1.54, 1.807) is 25.5 Å². The Hall–Kier alpha value is -4.19. The second-order valence-corrected chi connectivity index (χ2v) is 11.2. The molecule has 0 saturated carbocycles. The molecule has 12 heteroatoms. The lowest BCUT2D eigenvalue weighted by Gasteiger charge is -2.26. The summed E-state index contributed by atoms with van der Waals surface area (Å²) in [5, 5.41) is 25.0. The molecular weight excluding hydrogens is 514 g/mol. The van der Waals surface area contributed by atoms with Gasteiger partial charge in [0.2, 0.25) is 5.91 Å². The van der Waals surface area contributed by atoms with Crippen LogP contribution >= 0.6 is 0 Å². The predicted molar refractivity (Wildman–Crippen MR) is 149 cm³/mol. The minimum atomic E-state index is -1.07. The van der Waals surface area contributed by atoms with E-state index in [9.17, 15) is 19.5 Å². The van der Waals surface area contributed by atoms with Crippen molar-refractivity contribution in [1.82, 2.24) is 30.3 Å². The third-order valence-electron chi connectivity index (χ3n) is 7.04. The molecule has 5 rings (SSSR count). The van der Waals surface area contributed by atoms with Gasteiger partial charge in [0, 0.05) is 30.0 Å². The van der Waals surface area contributed by atoms with Crippen LogP contribution in [0.25, 0.3) is 22.2 Å². The van der Waals surface area contributed by atoms with Gasteiger partial charge in [0.15, 0.2) is 0 Å². The normalized spacial score (nSPS) is 20.8. The number of carboxylic acid groups (broad SMARTS) is 1. The van der Waals surface area contributed by atoms with Crippen molar-refractivity contribution in [3.8, 4) is 11.3 Å². The average Bonchev–Trinajstić information content (AvgIpc) is 3.48. The quantitative estimate of drug-likeness (QED) is 0.349. The number of hydrogen-bond acceptors (Lipinski definition) is 8. The molecule has 0 spiro atoms. The van der Waals surface area contributed by atoms with Crippen LogP contribution in [0.2, 0.25) is 0 Å². The number of carbonyl (C=O) groups is 3. The number of ether oxygens (including phenoxy) is 1. The molecule has 2 amide bonds. The maximum absolute atomic E-state index is 12.7. The van der Waals surface area contributed by atoms with Crippen LogP contribution in [0.4, 0.5) is 10.6 Å². The molecule has 212 valence electrons. The van der Waals surface area contributed by atoms with Gasteiger partial charge in [-0.05, 0) is 59.0 Å². The van der Waals surface area contributed by atoms with Gasteiger partial charge < -0.3 is 25.8 Å². The first-order valence-electron chi connectivity index (χ1n) is 13.4. The van der Waals surface area contributed by atoms with Crippen molar-refractivity contribution in [3.63, 3.8) is 0 Å². The summed E-state index contributed by atoms with van der Waals surface area (Å²) in [6, 6.07) is 9.95. The van der Waals surface area contributed by atoms with E-state index in [4.69, 9.17) is 14.8 Å². The van der Waals surface area contributed by atoms with E-state index in [-0.39, 0.29) is 37.5 Å². The van der Waals surface area contributed by atoms with E-state index < -0.39 is 23.7 Å². The lowest BCUT2D eigenvalue weighted by molar-refractivity contribution is -0.142. The number of likely N-dealkylation sites (tertiary alicyclic amines) is 1. The van der Waals surface area contributed by atoms with Gasteiger partial charge in [0.1, 0.15) is 24.0 Å². The number of fused-ring (bicyclic) bond motifs is 3. The van der Waals surface area contributed by atoms with Gasteiger partial charge in [-0.2, -0.15) is 5.10 Å². The second kappa shape index (κ2) is 10.8. The highest BCUT2D eigenvalue weighted by Crippen LogP contribution is 2.36. The summed E-state index contributed by atoms with van der Waals surface area (Å²) < 4.78 is 7.22. The largest absolute Gasteiger partial charge is 0.480 e. The van der Waals surface area contributed by atoms with Gasteiger partial charge in [-0.3, -0.25) is 14.4 Å². The fourth-order valence-corrected chi connectivity index (χ4v) is 5.41. The molecule has 0 radical (unpaired) electrons. The van der Waals surface area contributed by atoms with Crippen LogP contribution in [0.3, 0.4) is 0 Å². The highest BCUT2D eigenvalue weighted by atomic mass is 16.6. The zero-order valence-electron chi connectivity index (χ0n) is 23.1. The van der Waals surface area contributed by atoms with E-state index in [0.717, 1.165) is 28.7 Å². The number of aromatic nitrogens is 3. The van der Waals surface area contributed by atoms with Crippen molar-refractivity contribution in [2.75, 3.05) is 25.5 Å². The zero-order valence-corrected chi connectivity index (χ0v) is 23.1. The van der Waals surface area contributed by atoms with Crippen LogP contribution < -0.4 is 16.0 Å². The van der Waals surface area contributed by atoms with Crippen molar-refractivity contribution in [3.05, 3.63) is 42.1 Å². The van der Waals surface area contributed by atoms with Gasteiger partial charge in [-0.25, -0.2) is 14.6 Å². The Balaban J connectivity index is 1.43. The Morgan fingerprint density at radius 2 is 1.98 bits per heavy atom. The number of rotatable bonds is 7. The first-order chi connectivity index (χ1) is 19.0. The fourth-order valence-electron chi connectivity index (χ4n) is 5.41. The molecular formula is C28H35N7O5. The molecule has 0 aliphatic carbocycles. The smallest absolute Gasteiger partial charge is 0.411 e. The van der Waals surface area contributed by atoms with Crippen molar-refractivity contribution < 1.29 is 24.2 Å². The van der Waals surface area contributed by atoms with Gasteiger partial charge >= 0.3 is 12.1 Å². The van der Waals surface area contributed by atoms with Crippen LogP contribution in [0.1, 0.15) is 45.3 Å². The first-order valence-corrected chi connectivity index (χ1v) is 13.4. The van der Waals surface area contributed by atoms with Gasteiger partial charge in [-0.1, -0.05) is 18.2 Å². The Labute approximate surface area is 232 Å². The maximum Gasteiger partial charge on any atom is 0.411 e. The summed E-state index contributed by atoms with van der Waals surface area (Å²) in [7, 11) is 1.88. The molecule has 1 unspecified atom stereocenters. The minimum Gasteiger partial charge on any atom is -0.480 e. The Morgan fingerprint density at radius 3 is 2.70 bits per heavy atom. The molecule has 40 heavy (non-hydrogen) atoms. The minimum absolute atomic E-state index is 0.0658. The van der Waals surface area contributed by atoms with E-state index >= 15 is 0 Å². The summed E-state index contributed by atoms with van der Waals surface area (Å²) >= 11 is 0. The number of hydrogen-bond donors (Lipinski definition) is 4. The Morgan fingerprint density at radius 1 is 1.20 bits per heavy atom. The van der Waals surface area contributed by atoms with Gasteiger partial charge in [0.05, 0.1) is 22.9 Å². The standard InChI is InChI=1S/C28H35N7O5/c1-28(2,3)40-27(39)34-14-16(13-21(34)26(37)38)30-22-10-6-8-18(31-22)17-7-5-9-19-24(17)25-20(11-12-29-4)32-23(36)15-35(25)33-19/h5-10,16,20-21,29H,11-15H2,1-4H3,(H,30,31)(H,32,36)(H,37,38)/t16-,20?,21-/m0/s1. The summed E-state index contributed by atoms with van der Waals surface area (Å²) in [6.45, 7) is 6.31. The molecule has 2 aliphatic heterocycles. The number of amides is 2. The highest BCUT2D eigenvalue weighted by molar-refractivity contribution is 5.97. The summed E-state index contributed by atoms with van der Waals surface area (Å²) in [6.07, 6.45) is 0.288. The number of carbonyl (C=O) groups excluding carboxylic acids is 2. The van der Waals surface area contributed by atoms with Crippen LogP contribution in [-0.4, -0.2) is 80.6 Å². The molecule has 2 aliphatic rings. The molecule has 1 fully saturated rings. The van der Waals surface area contributed by atoms with E-state index in [0.29, 0.717) is 17.9 Å². The molecule has 3 aromatic rings. The highest BCUT2D eigenvalue weighted by Gasteiger charge is 2.41. The fraction of sp³-hybridized carbons (Fsp3) is 0.464. The summed E-state index contributed by atoms with van der Waals surface area (Å²) in [5.74, 6) is -0.575. The van der Waals surface area contributed by atoms with Crippen molar-refractivity contribution in [1.29, 1.82) is 0 Å². The monoisotopic (exact) mass is 549 g/mol. The molecule has 0 bridgehead atoms. The number of nitrogens with one attached hydrogen (secondary N) is 3. The summed E-state index contributed by atoms with van der Waals surface area (Å²) in [4.78, 5) is 43.1. The van der Waals surface area contributed by atoms with Crippen LogP contribution in [0.15, 0.2) is 36.4 Å². The first kappa shape index (κ1) is 27.4. The third kappa shape index (κ3) is 5.57. The Kier molecular flexibility index (Phi) is 7.37. The molecule has 2 aromatic heterocycles. The average molecular weight is 550 g/mol. The van der Waals surface area contributed by atoms with Gasteiger partial charge in [-0.15, -0.1) is 0 Å². The van der Waals surface area contributed by atoms with Crippen molar-refractivity contribution >= 4 is 34.7 Å². The molecule has 4 heterocycles. The van der Waals surface area contributed by atoms with E-state index in [1.165, 1.54) is 4.90 Å². The molecule has 3 atom stereocenters. The Bertz CT molecular complexity index is 1450. The predicted octanol–water partition coefficient (Wildman–Crippen LogP) is 2.75. The SMILES string of the molecule is CNCCC1NC(=O)Cn2nc3cccc(-c4cccc(N[C@H]5C[C@@H](C(=O)O)N(C(=O)OC(C)(C)C)C5)n4)c3c21. The number of nitrogens with zero attached hydrogens (tertiary/aromatic N) is 4. The second-order valence-electron chi connectivity index (χ2n) is 11.2. The van der Waals surface area contributed by atoms with E-state index in [1.807, 2.05) is 43.4 Å². The maximum atomic E-state index is 12.7. The summed E-state index contributed by atoms with van der Waals surface area (Å²) in [5.41, 5.74) is 2.61. The lowest BCUT2D eigenvalue weighted by Crippen LogP contribution is -2.43. The number of carboxylic acids is 1. The van der Waals surface area contributed by atoms with E-state index in [2.05, 4.69) is 16.0 Å². The van der Waals surface area contributed by atoms with Crippen LogP contribution in [-0.2, 0) is 20.9 Å². The number of aliphatic carboxylic acids is 1. The van der Waals surface area contributed by atoms with Crippen molar-refractivity contribution in [2.24, 2.45) is 0 Å². The van der Waals surface area contributed by atoms with Crippen LogP contribution in [0.5, 0.6) is 0 Å². The number of anilines is 1. The number of pyridine rings is 1. The topological polar surface area (TPSA) is 151 Å². The number of benzene rings is 1. The molecule has 1 aromatic carbocycles. The molecule has 12 nitrogen and oxygen atoms in total. The zero-order chi connectivity index (χ0) is 28.6. The van der Waals surface area contributed by atoms with Crippen LogP contribution in [0, 0.1) is 0 Å².